The lowest BCUT2D eigenvalue weighted by atomic mass is 10.4. The summed E-state index contributed by atoms with van der Waals surface area (Å²) in [4.78, 5) is 0.120. The molecular weight excluding hydrogens is 380 g/mol. The Bertz CT molecular complexity index is 879. The molecule has 0 bridgehead atoms. The summed E-state index contributed by atoms with van der Waals surface area (Å²) in [5.41, 5.74) is 0. The van der Waals surface area contributed by atoms with E-state index in [1.165, 1.54) is 24.3 Å². The Hall–Kier alpha value is -1.78. The highest BCUT2D eigenvalue weighted by Gasteiger charge is 2.19. The molecule has 0 spiro atoms. The fourth-order valence-corrected chi connectivity index (χ4v) is 4.00. The van der Waals surface area contributed by atoms with Crippen molar-refractivity contribution in [1.29, 1.82) is 0 Å². The summed E-state index contributed by atoms with van der Waals surface area (Å²) in [7, 11) is -7.70. The maximum Gasteiger partial charge on any atom is 0.297 e. The highest BCUT2D eigenvalue weighted by atomic mass is 32.2. The molecule has 7 nitrogen and oxygen atoms in total. The van der Waals surface area contributed by atoms with Gasteiger partial charge in [0.15, 0.2) is 0 Å². The number of hydrogen-bond acceptors (Lipinski definition) is 7. The van der Waals surface area contributed by atoms with Gasteiger partial charge in [-0.2, -0.15) is 16.8 Å². The van der Waals surface area contributed by atoms with Crippen molar-refractivity contribution in [2.45, 2.75) is 22.8 Å². The van der Waals surface area contributed by atoms with Gasteiger partial charge < -0.3 is 4.74 Å². The second kappa shape index (κ2) is 9.24. The summed E-state index contributed by atoms with van der Waals surface area (Å²) in [6.45, 7) is 1.31. The Labute approximate surface area is 153 Å². The lowest BCUT2D eigenvalue weighted by Crippen LogP contribution is -2.22. The SMILES string of the molecule is CC(COCCOS(=O)(=O)c1ccccc1)OS(=O)(=O)c1ccccc1. The zero-order valence-electron chi connectivity index (χ0n) is 14.1. The number of benzene rings is 2. The quantitative estimate of drug-likeness (QED) is 0.446. The third-order valence-electron chi connectivity index (χ3n) is 3.17. The predicted octanol–water partition coefficient (Wildman–Crippen LogP) is 2.20. The van der Waals surface area contributed by atoms with Gasteiger partial charge in [-0.25, -0.2) is 0 Å². The van der Waals surface area contributed by atoms with Crippen LogP contribution in [0.2, 0.25) is 0 Å². The van der Waals surface area contributed by atoms with Crippen molar-refractivity contribution in [3.05, 3.63) is 60.7 Å². The van der Waals surface area contributed by atoms with Gasteiger partial charge in [0, 0.05) is 0 Å². The molecule has 0 amide bonds. The lowest BCUT2D eigenvalue weighted by Gasteiger charge is -2.13. The normalized spacial score (nSPS) is 13.4. The molecule has 2 aromatic rings. The molecule has 0 saturated heterocycles. The van der Waals surface area contributed by atoms with Crippen molar-refractivity contribution >= 4 is 20.2 Å². The molecule has 9 heteroatoms. The van der Waals surface area contributed by atoms with Crippen LogP contribution in [0.4, 0.5) is 0 Å². The minimum Gasteiger partial charge on any atom is -0.376 e. The van der Waals surface area contributed by atoms with Crippen LogP contribution in [0.25, 0.3) is 0 Å². The predicted molar refractivity (Wildman–Crippen MR) is 94.6 cm³/mol. The lowest BCUT2D eigenvalue weighted by molar-refractivity contribution is 0.0467. The molecule has 0 heterocycles. The molecule has 2 aromatic carbocycles. The van der Waals surface area contributed by atoms with E-state index in [0.29, 0.717) is 0 Å². The van der Waals surface area contributed by atoms with E-state index in [4.69, 9.17) is 13.1 Å². The average molecular weight is 400 g/mol. The van der Waals surface area contributed by atoms with Gasteiger partial charge in [0.25, 0.3) is 20.2 Å². The minimum atomic E-state index is -3.87. The molecule has 0 aromatic heterocycles. The van der Waals surface area contributed by atoms with Crippen LogP contribution in [0.5, 0.6) is 0 Å². The van der Waals surface area contributed by atoms with Crippen molar-refractivity contribution in [1.82, 2.24) is 0 Å². The Balaban J connectivity index is 1.73. The van der Waals surface area contributed by atoms with Crippen LogP contribution in [-0.2, 0) is 33.3 Å². The molecule has 0 aliphatic carbocycles. The summed E-state index contributed by atoms with van der Waals surface area (Å²) in [6.07, 6.45) is -0.731. The number of ether oxygens (including phenoxy) is 1. The van der Waals surface area contributed by atoms with Crippen LogP contribution >= 0.6 is 0 Å². The van der Waals surface area contributed by atoms with E-state index in [2.05, 4.69) is 0 Å². The van der Waals surface area contributed by atoms with E-state index >= 15 is 0 Å². The van der Waals surface area contributed by atoms with Crippen LogP contribution < -0.4 is 0 Å². The highest BCUT2D eigenvalue weighted by Crippen LogP contribution is 2.14. The van der Waals surface area contributed by atoms with Gasteiger partial charge in [-0.05, 0) is 31.2 Å². The summed E-state index contributed by atoms with van der Waals surface area (Å²) < 4.78 is 63.0. The van der Waals surface area contributed by atoms with Crippen molar-refractivity contribution in [2.75, 3.05) is 19.8 Å². The largest absolute Gasteiger partial charge is 0.376 e. The van der Waals surface area contributed by atoms with E-state index in [1.54, 1.807) is 43.3 Å². The molecule has 0 saturated carbocycles. The highest BCUT2D eigenvalue weighted by molar-refractivity contribution is 7.87. The van der Waals surface area contributed by atoms with Crippen molar-refractivity contribution < 1.29 is 29.9 Å². The molecule has 0 aliphatic heterocycles. The molecule has 26 heavy (non-hydrogen) atoms. The average Bonchev–Trinajstić information content (AvgIpc) is 2.62. The van der Waals surface area contributed by atoms with Crippen LogP contribution in [0.15, 0.2) is 70.5 Å². The smallest absolute Gasteiger partial charge is 0.297 e. The molecule has 2 rings (SSSR count). The third kappa shape index (κ3) is 6.19. The van der Waals surface area contributed by atoms with Gasteiger partial charge in [0.05, 0.1) is 35.7 Å². The molecule has 1 atom stereocenters. The summed E-state index contributed by atoms with van der Waals surface area (Å²) >= 11 is 0. The van der Waals surface area contributed by atoms with Gasteiger partial charge in [-0.1, -0.05) is 36.4 Å². The van der Waals surface area contributed by atoms with Crippen molar-refractivity contribution in [3.63, 3.8) is 0 Å². The second-order valence-corrected chi connectivity index (χ2v) is 8.53. The van der Waals surface area contributed by atoms with E-state index in [1.807, 2.05) is 0 Å². The van der Waals surface area contributed by atoms with Crippen molar-refractivity contribution in [2.24, 2.45) is 0 Å². The minimum absolute atomic E-state index is 0.0227. The number of rotatable bonds is 10. The standard InChI is InChI=1S/C17H20O7S2/c1-15(24-26(20,21)17-10-6-3-7-11-17)14-22-12-13-23-25(18,19)16-8-4-2-5-9-16/h2-11,15H,12-14H2,1H3. The monoisotopic (exact) mass is 400 g/mol. The summed E-state index contributed by atoms with van der Waals surface area (Å²) in [5.74, 6) is 0. The van der Waals surface area contributed by atoms with E-state index in [0.717, 1.165) is 0 Å². The zero-order valence-corrected chi connectivity index (χ0v) is 15.8. The van der Waals surface area contributed by atoms with Crippen LogP contribution in [0, 0.1) is 0 Å². The Morgan fingerprint density at radius 1 is 0.769 bits per heavy atom. The first-order valence-corrected chi connectivity index (χ1v) is 10.6. The zero-order chi connectivity index (χ0) is 19.0. The summed E-state index contributed by atoms with van der Waals surface area (Å²) in [6, 6.07) is 15.5. The van der Waals surface area contributed by atoms with Crippen molar-refractivity contribution in [3.8, 4) is 0 Å². The van der Waals surface area contributed by atoms with Gasteiger partial charge in [0.1, 0.15) is 0 Å². The van der Waals surface area contributed by atoms with Gasteiger partial charge >= 0.3 is 0 Å². The molecule has 142 valence electrons. The molecule has 1 unspecified atom stereocenters. The Kier molecular flexibility index (Phi) is 7.30. The fourth-order valence-electron chi connectivity index (χ4n) is 1.99. The fraction of sp³-hybridized carbons (Fsp3) is 0.294. The second-order valence-electron chi connectivity index (χ2n) is 5.34. The maximum atomic E-state index is 12.0. The van der Waals surface area contributed by atoms with Gasteiger partial charge in [0.2, 0.25) is 0 Å². The van der Waals surface area contributed by atoms with E-state index in [9.17, 15) is 16.8 Å². The van der Waals surface area contributed by atoms with Gasteiger partial charge in [-0.3, -0.25) is 8.37 Å². The maximum absolute atomic E-state index is 12.0. The number of hydrogen-bond donors (Lipinski definition) is 0. The van der Waals surface area contributed by atoms with E-state index < -0.39 is 26.3 Å². The Morgan fingerprint density at radius 3 is 1.81 bits per heavy atom. The molecular formula is C17H20O7S2. The first kappa shape index (κ1) is 20.5. The van der Waals surface area contributed by atoms with Gasteiger partial charge in [-0.15, -0.1) is 0 Å². The topological polar surface area (TPSA) is 96.0 Å². The molecule has 0 aliphatic rings. The first-order chi connectivity index (χ1) is 12.3. The Morgan fingerprint density at radius 2 is 1.27 bits per heavy atom. The third-order valence-corrected chi connectivity index (χ3v) is 5.93. The molecule has 0 radical (unpaired) electrons. The molecule has 0 N–H and O–H groups in total. The first-order valence-electron chi connectivity index (χ1n) is 7.82. The van der Waals surface area contributed by atoms with Crippen LogP contribution in [-0.4, -0.2) is 42.8 Å². The molecule has 0 fully saturated rings. The summed E-state index contributed by atoms with van der Waals surface area (Å²) in [5, 5.41) is 0. The van der Waals surface area contributed by atoms with Crippen LogP contribution in [0.1, 0.15) is 6.92 Å². The van der Waals surface area contributed by atoms with E-state index in [-0.39, 0.29) is 29.6 Å². The van der Waals surface area contributed by atoms with Crippen LogP contribution in [0.3, 0.4) is 0 Å².